The van der Waals surface area contributed by atoms with Gasteiger partial charge in [-0.15, -0.1) is 0 Å². The molecule has 2 fully saturated rings. The summed E-state index contributed by atoms with van der Waals surface area (Å²) in [6.07, 6.45) is 1.08. The van der Waals surface area contributed by atoms with Crippen molar-refractivity contribution in [2.75, 3.05) is 45.8 Å². The van der Waals surface area contributed by atoms with Crippen LogP contribution in [0.25, 0.3) is 0 Å². The Kier molecular flexibility index (Phi) is 6.13. The second-order valence-electron chi connectivity index (χ2n) is 6.99. The highest BCUT2D eigenvalue weighted by Crippen LogP contribution is 2.18. The number of benzene rings is 1. The first kappa shape index (κ1) is 19.1. The summed E-state index contributed by atoms with van der Waals surface area (Å²) in [5.41, 5.74) is 1.31. The summed E-state index contributed by atoms with van der Waals surface area (Å²) in [6.45, 7) is 4.86. The van der Waals surface area contributed by atoms with Gasteiger partial charge in [0.1, 0.15) is 0 Å². The third-order valence-corrected chi connectivity index (χ3v) is 6.13. The van der Waals surface area contributed by atoms with Crippen LogP contribution in [0.3, 0.4) is 0 Å². The molecule has 9 heteroatoms. The third kappa shape index (κ3) is 5.16. The maximum absolute atomic E-state index is 12.3. The normalized spacial score (nSPS) is 22.5. The molecule has 2 amide bonds. The SMILES string of the molecule is NS(=O)(=O)N1CCN(C(=O)NC[C@H]2CCN(Cc3ccccc3)C2)CC1. The Bertz CT molecular complexity index is 704. The second kappa shape index (κ2) is 8.34. The number of hydrogen-bond acceptors (Lipinski definition) is 4. The Morgan fingerprint density at radius 2 is 1.81 bits per heavy atom. The number of carbonyl (C=O) groups excluding carboxylic acids is 1. The molecule has 0 spiro atoms. The van der Waals surface area contributed by atoms with Gasteiger partial charge in [0, 0.05) is 45.8 Å². The zero-order chi connectivity index (χ0) is 18.6. The molecule has 3 rings (SSSR count). The standard InChI is InChI=1S/C17H27N5O3S/c18-26(24,25)22-10-8-21(9-11-22)17(23)19-12-16-6-7-20(14-16)13-15-4-2-1-3-5-15/h1-5,16H,6-14H2,(H,19,23)(H2,18,24,25)/t16-/m1/s1. The van der Waals surface area contributed by atoms with Crippen molar-refractivity contribution in [1.29, 1.82) is 0 Å². The van der Waals surface area contributed by atoms with Gasteiger partial charge in [-0.3, -0.25) is 4.90 Å². The Labute approximate surface area is 155 Å². The molecule has 26 heavy (non-hydrogen) atoms. The van der Waals surface area contributed by atoms with Gasteiger partial charge in [0.05, 0.1) is 0 Å². The quantitative estimate of drug-likeness (QED) is 0.752. The van der Waals surface area contributed by atoms with Crippen molar-refractivity contribution in [3.63, 3.8) is 0 Å². The summed E-state index contributed by atoms with van der Waals surface area (Å²) >= 11 is 0. The number of carbonyl (C=O) groups is 1. The summed E-state index contributed by atoms with van der Waals surface area (Å²) in [4.78, 5) is 16.4. The molecule has 2 saturated heterocycles. The molecule has 144 valence electrons. The molecule has 2 aliphatic heterocycles. The van der Waals surface area contributed by atoms with E-state index in [2.05, 4.69) is 34.5 Å². The van der Waals surface area contributed by atoms with Crippen molar-refractivity contribution in [2.24, 2.45) is 11.1 Å². The van der Waals surface area contributed by atoms with Gasteiger partial charge in [-0.25, -0.2) is 9.93 Å². The summed E-state index contributed by atoms with van der Waals surface area (Å²) < 4.78 is 23.8. The van der Waals surface area contributed by atoms with Gasteiger partial charge in [0.2, 0.25) is 0 Å². The lowest BCUT2D eigenvalue weighted by atomic mass is 10.1. The molecule has 0 saturated carbocycles. The lowest BCUT2D eigenvalue weighted by Gasteiger charge is -2.33. The van der Waals surface area contributed by atoms with E-state index in [4.69, 9.17) is 5.14 Å². The summed E-state index contributed by atoms with van der Waals surface area (Å²) in [6, 6.07) is 10.3. The van der Waals surface area contributed by atoms with Crippen LogP contribution in [0.1, 0.15) is 12.0 Å². The Morgan fingerprint density at radius 1 is 1.12 bits per heavy atom. The van der Waals surface area contributed by atoms with E-state index >= 15 is 0 Å². The van der Waals surface area contributed by atoms with E-state index < -0.39 is 10.2 Å². The number of nitrogens with one attached hydrogen (secondary N) is 1. The van der Waals surface area contributed by atoms with E-state index in [0.717, 1.165) is 26.1 Å². The average Bonchev–Trinajstić information content (AvgIpc) is 3.07. The molecule has 0 radical (unpaired) electrons. The molecule has 1 aromatic rings. The fourth-order valence-electron chi connectivity index (χ4n) is 3.55. The Morgan fingerprint density at radius 3 is 2.46 bits per heavy atom. The predicted molar refractivity (Wildman–Crippen MR) is 99.5 cm³/mol. The molecule has 2 heterocycles. The van der Waals surface area contributed by atoms with Gasteiger partial charge in [-0.05, 0) is 24.4 Å². The number of likely N-dealkylation sites (tertiary alicyclic amines) is 1. The first-order chi connectivity index (χ1) is 12.4. The number of nitrogens with two attached hydrogens (primary N) is 1. The molecule has 2 aliphatic rings. The Hall–Kier alpha value is -1.68. The van der Waals surface area contributed by atoms with Crippen LogP contribution < -0.4 is 10.5 Å². The van der Waals surface area contributed by atoms with Crippen LogP contribution in [0.4, 0.5) is 4.79 Å². The fourth-order valence-corrected chi connectivity index (χ4v) is 4.23. The molecule has 0 bridgehead atoms. The van der Waals surface area contributed by atoms with Crippen LogP contribution in [0, 0.1) is 5.92 Å². The lowest BCUT2D eigenvalue weighted by Crippen LogP contribution is -2.54. The zero-order valence-electron chi connectivity index (χ0n) is 14.9. The fraction of sp³-hybridized carbons (Fsp3) is 0.588. The maximum Gasteiger partial charge on any atom is 0.317 e. The molecule has 0 aliphatic carbocycles. The van der Waals surface area contributed by atoms with Crippen LogP contribution in [-0.2, 0) is 16.8 Å². The van der Waals surface area contributed by atoms with Crippen molar-refractivity contribution in [2.45, 2.75) is 13.0 Å². The summed E-state index contributed by atoms with van der Waals surface area (Å²) in [5.74, 6) is 0.452. The van der Waals surface area contributed by atoms with Gasteiger partial charge in [-0.1, -0.05) is 30.3 Å². The molecule has 0 unspecified atom stereocenters. The first-order valence-corrected chi connectivity index (χ1v) is 10.5. The van der Waals surface area contributed by atoms with E-state index in [-0.39, 0.29) is 19.1 Å². The maximum atomic E-state index is 12.3. The van der Waals surface area contributed by atoms with E-state index in [0.29, 0.717) is 25.6 Å². The Balaban J connectivity index is 1.38. The first-order valence-electron chi connectivity index (χ1n) is 8.99. The summed E-state index contributed by atoms with van der Waals surface area (Å²) in [7, 11) is -3.66. The van der Waals surface area contributed by atoms with Crippen molar-refractivity contribution >= 4 is 16.2 Å². The number of piperazine rings is 1. The van der Waals surface area contributed by atoms with E-state index in [1.54, 1.807) is 4.90 Å². The molecular weight excluding hydrogens is 354 g/mol. The molecule has 0 aromatic heterocycles. The van der Waals surface area contributed by atoms with Gasteiger partial charge in [0.25, 0.3) is 10.2 Å². The second-order valence-corrected chi connectivity index (χ2v) is 8.54. The molecule has 1 atom stereocenters. The zero-order valence-corrected chi connectivity index (χ0v) is 15.7. The molecular formula is C17H27N5O3S. The number of nitrogens with zero attached hydrogens (tertiary/aromatic N) is 3. The largest absolute Gasteiger partial charge is 0.338 e. The lowest BCUT2D eigenvalue weighted by molar-refractivity contribution is 0.171. The van der Waals surface area contributed by atoms with Gasteiger partial charge < -0.3 is 10.2 Å². The molecule has 1 aromatic carbocycles. The van der Waals surface area contributed by atoms with Crippen molar-refractivity contribution in [1.82, 2.24) is 19.4 Å². The molecule has 8 nitrogen and oxygen atoms in total. The van der Waals surface area contributed by atoms with E-state index in [1.165, 1.54) is 9.87 Å². The van der Waals surface area contributed by atoms with Gasteiger partial charge >= 0.3 is 6.03 Å². The van der Waals surface area contributed by atoms with E-state index in [1.807, 2.05) is 6.07 Å². The average molecular weight is 382 g/mol. The minimum atomic E-state index is -3.66. The van der Waals surface area contributed by atoms with Crippen LogP contribution >= 0.6 is 0 Å². The highest BCUT2D eigenvalue weighted by atomic mass is 32.2. The number of amides is 2. The van der Waals surface area contributed by atoms with Crippen LogP contribution in [0.2, 0.25) is 0 Å². The smallest absolute Gasteiger partial charge is 0.317 e. The minimum absolute atomic E-state index is 0.124. The highest BCUT2D eigenvalue weighted by Gasteiger charge is 2.27. The predicted octanol–water partition coefficient (Wildman–Crippen LogP) is 0.0392. The van der Waals surface area contributed by atoms with E-state index in [9.17, 15) is 13.2 Å². The van der Waals surface area contributed by atoms with Gasteiger partial charge in [-0.2, -0.15) is 12.7 Å². The number of hydrogen-bond donors (Lipinski definition) is 2. The van der Waals surface area contributed by atoms with Crippen LogP contribution in [0.5, 0.6) is 0 Å². The van der Waals surface area contributed by atoms with Crippen LogP contribution in [0.15, 0.2) is 30.3 Å². The topological polar surface area (TPSA) is 99.0 Å². The van der Waals surface area contributed by atoms with Crippen LogP contribution in [-0.4, -0.2) is 74.4 Å². The number of rotatable bonds is 5. The van der Waals surface area contributed by atoms with Crippen molar-refractivity contribution in [3.8, 4) is 0 Å². The van der Waals surface area contributed by atoms with Crippen molar-refractivity contribution in [3.05, 3.63) is 35.9 Å². The van der Waals surface area contributed by atoms with Crippen molar-refractivity contribution < 1.29 is 13.2 Å². The molecule has 3 N–H and O–H groups in total. The number of urea groups is 1. The van der Waals surface area contributed by atoms with Gasteiger partial charge in [0.15, 0.2) is 0 Å². The monoisotopic (exact) mass is 381 g/mol. The minimum Gasteiger partial charge on any atom is -0.338 e. The highest BCUT2D eigenvalue weighted by molar-refractivity contribution is 7.86. The summed E-state index contributed by atoms with van der Waals surface area (Å²) in [5, 5.41) is 8.11. The third-order valence-electron chi connectivity index (χ3n) is 5.05.